The van der Waals surface area contributed by atoms with Crippen molar-refractivity contribution in [2.24, 2.45) is 23.2 Å². The van der Waals surface area contributed by atoms with Crippen LogP contribution < -0.4 is 15.4 Å². The van der Waals surface area contributed by atoms with E-state index in [1.54, 1.807) is 24.3 Å². The van der Waals surface area contributed by atoms with E-state index in [0.29, 0.717) is 12.2 Å². The summed E-state index contributed by atoms with van der Waals surface area (Å²) in [6, 6.07) is 7.16. The van der Waals surface area contributed by atoms with E-state index < -0.39 is 0 Å². The number of hydrogen-bond acceptors (Lipinski definition) is 3. The summed E-state index contributed by atoms with van der Waals surface area (Å²) in [5.41, 5.74) is 0.814. The van der Waals surface area contributed by atoms with Crippen molar-refractivity contribution in [1.82, 2.24) is 10.6 Å². The number of amides is 2. The molecule has 0 aliphatic heterocycles. The molecule has 28 heavy (non-hydrogen) atoms. The van der Waals surface area contributed by atoms with Crippen molar-refractivity contribution in [3.8, 4) is 5.75 Å². The lowest BCUT2D eigenvalue weighted by Crippen LogP contribution is -2.56. The Morgan fingerprint density at radius 3 is 2.18 bits per heavy atom. The third-order valence-corrected chi connectivity index (χ3v) is 7.22. The molecule has 1 aromatic carbocycles. The summed E-state index contributed by atoms with van der Waals surface area (Å²) in [4.78, 5) is 24.8. The number of benzene rings is 1. The maximum Gasteiger partial charge on any atom is 0.251 e. The molecule has 0 spiro atoms. The fraction of sp³-hybridized carbons (Fsp3) is 0.652. The quantitative estimate of drug-likeness (QED) is 0.756. The van der Waals surface area contributed by atoms with Gasteiger partial charge in [0.1, 0.15) is 5.75 Å². The van der Waals surface area contributed by atoms with E-state index in [4.69, 9.17) is 4.74 Å². The van der Waals surface area contributed by atoms with E-state index in [-0.39, 0.29) is 29.8 Å². The fourth-order valence-corrected chi connectivity index (χ4v) is 6.29. The lowest BCUT2D eigenvalue weighted by molar-refractivity contribution is -0.124. The highest BCUT2D eigenvalue weighted by molar-refractivity contribution is 5.96. The topological polar surface area (TPSA) is 67.4 Å². The molecule has 5 rings (SSSR count). The van der Waals surface area contributed by atoms with E-state index in [1.165, 1.54) is 38.5 Å². The van der Waals surface area contributed by atoms with Crippen LogP contribution in [0.25, 0.3) is 0 Å². The number of hydrogen-bond donors (Lipinski definition) is 2. The summed E-state index contributed by atoms with van der Waals surface area (Å²) in [5.74, 6) is 3.00. The maximum absolute atomic E-state index is 12.5. The molecule has 4 saturated carbocycles. The second-order valence-electron chi connectivity index (χ2n) is 9.21. The zero-order chi connectivity index (χ0) is 19.7. The van der Waals surface area contributed by atoms with Crippen LogP contribution >= 0.6 is 0 Å². The van der Waals surface area contributed by atoms with Gasteiger partial charge in [-0.15, -0.1) is 0 Å². The molecule has 0 aromatic heterocycles. The lowest BCUT2D eigenvalue weighted by Gasteiger charge is -2.59. The minimum absolute atomic E-state index is 0.0166. The monoisotopic (exact) mass is 384 g/mol. The molecule has 4 aliphatic carbocycles. The number of carbonyl (C=O) groups is 2. The fourth-order valence-electron chi connectivity index (χ4n) is 6.29. The molecule has 5 heteroatoms. The van der Waals surface area contributed by atoms with Crippen molar-refractivity contribution in [2.75, 3.05) is 13.2 Å². The minimum Gasteiger partial charge on any atom is -0.494 e. The van der Waals surface area contributed by atoms with Gasteiger partial charge in [-0.1, -0.05) is 0 Å². The summed E-state index contributed by atoms with van der Waals surface area (Å²) >= 11 is 0. The Hall–Kier alpha value is -2.04. The van der Waals surface area contributed by atoms with Crippen LogP contribution in [0.15, 0.2) is 24.3 Å². The Labute approximate surface area is 167 Å². The van der Waals surface area contributed by atoms with Crippen LogP contribution in [0.1, 0.15) is 62.7 Å². The molecule has 0 saturated heterocycles. The highest BCUT2D eigenvalue weighted by atomic mass is 16.5. The van der Waals surface area contributed by atoms with Crippen molar-refractivity contribution in [3.05, 3.63) is 29.8 Å². The van der Waals surface area contributed by atoms with Crippen LogP contribution in [0.2, 0.25) is 0 Å². The molecule has 5 nitrogen and oxygen atoms in total. The molecular weight excluding hydrogens is 352 g/mol. The summed E-state index contributed by atoms with van der Waals surface area (Å²) in [6.07, 6.45) is 7.99. The van der Waals surface area contributed by atoms with Crippen LogP contribution in [-0.2, 0) is 4.79 Å². The van der Waals surface area contributed by atoms with E-state index in [9.17, 15) is 9.59 Å². The van der Waals surface area contributed by atoms with Gasteiger partial charge in [-0.2, -0.15) is 0 Å². The molecule has 0 radical (unpaired) electrons. The molecule has 0 heterocycles. The Kier molecular flexibility index (Phi) is 5.35. The third kappa shape index (κ3) is 3.89. The van der Waals surface area contributed by atoms with Crippen molar-refractivity contribution in [1.29, 1.82) is 0 Å². The Morgan fingerprint density at radius 2 is 1.64 bits per heavy atom. The second kappa shape index (κ2) is 7.76. The maximum atomic E-state index is 12.5. The number of ether oxygens (including phenoxy) is 1. The van der Waals surface area contributed by atoms with Gasteiger partial charge in [-0.05, 0) is 99.8 Å². The zero-order valence-corrected chi connectivity index (χ0v) is 17.0. The largest absolute Gasteiger partial charge is 0.494 e. The van der Waals surface area contributed by atoms with Crippen LogP contribution in [-0.4, -0.2) is 31.0 Å². The van der Waals surface area contributed by atoms with Gasteiger partial charge < -0.3 is 15.4 Å². The second-order valence-corrected chi connectivity index (χ2v) is 9.21. The summed E-state index contributed by atoms with van der Waals surface area (Å²) in [6.45, 7) is 4.69. The Morgan fingerprint density at radius 1 is 1.07 bits per heavy atom. The molecular formula is C23H32N2O3. The van der Waals surface area contributed by atoms with Crippen molar-refractivity contribution >= 4 is 11.8 Å². The first-order chi connectivity index (χ1) is 13.5. The smallest absolute Gasteiger partial charge is 0.251 e. The average Bonchev–Trinajstić information content (AvgIpc) is 2.66. The van der Waals surface area contributed by atoms with Gasteiger partial charge in [-0.3, -0.25) is 9.59 Å². The van der Waals surface area contributed by atoms with Gasteiger partial charge in [0.25, 0.3) is 5.91 Å². The first-order valence-electron chi connectivity index (χ1n) is 10.8. The number of carbonyl (C=O) groups excluding carboxylic acids is 2. The van der Waals surface area contributed by atoms with Gasteiger partial charge in [-0.25, -0.2) is 0 Å². The molecule has 2 amide bonds. The highest BCUT2D eigenvalue weighted by Gasteiger charge is 2.53. The molecule has 1 aromatic rings. The van der Waals surface area contributed by atoms with Gasteiger partial charge in [0.15, 0.2) is 0 Å². The van der Waals surface area contributed by atoms with Crippen LogP contribution in [0, 0.1) is 23.2 Å². The van der Waals surface area contributed by atoms with E-state index >= 15 is 0 Å². The van der Waals surface area contributed by atoms with Crippen LogP contribution in [0.4, 0.5) is 0 Å². The van der Waals surface area contributed by atoms with Crippen LogP contribution in [0.3, 0.4) is 0 Å². The van der Waals surface area contributed by atoms with E-state index in [0.717, 1.165) is 23.5 Å². The molecule has 2 N–H and O–H groups in total. The van der Waals surface area contributed by atoms with Gasteiger partial charge in [0.2, 0.25) is 5.91 Å². The molecule has 152 valence electrons. The van der Waals surface area contributed by atoms with E-state index in [2.05, 4.69) is 17.6 Å². The first-order valence-corrected chi connectivity index (χ1v) is 10.8. The molecule has 4 bridgehead atoms. The van der Waals surface area contributed by atoms with Gasteiger partial charge in [0.05, 0.1) is 13.2 Å². The average molecular weight is 385 g/mol. The Balaban J connectivity index is 1.28. The molecule has 4 fully saturated rings. The Bertz CT molecular complexity index is 693. The van der Waals surface area contributed by atoms with Crippen molar-refractivity contribution in [3.63, 3.8) is 0 Å². The predicted molar refractivity (Wildman–Crippen MR) is 108 cm³/mol. The predicted octanol–water partition coefficient (Wildman–Crippen LogP) is 3.54. The summed E-state index contributed by atoms with van der Waals surface area (Å²) in [7, 11) is 0. The zero-order valence-electron chi connectivity index (χ0n) is 17.0. The summed E-state index contributed by atoms with van der Waals surface area (Å²) in [5, 5.41) is 5.93. The minimum atomic E-state index is -0.236. The van der Waals surface area contributed by atoms with Gasteiger partial charge in [0, 0.05) is 11.6 Å². The SMILES string of the molecule is CCOc1ccc(C(=O)NCC(=O)NC(C)C23CC4CC(CC(C4)C2)C3)cc1. The molecule has 1 unspecified atom stereocenters. The normalized spacial score (nSPS) is 31.3. The van der Waals surface area contributed by atoms with Crippen LogP contribution in [0.5, 0.6) is 5.75 Å². The number of nitrogens with one attached hydrogen (secondary N) is 2. The van der Waals surface area contributed by atoms with Crippen molar-refractivity contribution < 1.29 is 14.3 Å². The lowest BCUT2D eigenvalue weighted by atomic mass is 9.48. The van der Waals surface area contributed by atoms with Gasteiger partial charge >= 0.3 is 0 Å². The first kappa shape index (κ1) is 19.3. The molecule has 1 atom stereocenters. The van der Waals surface area contributed by atoms with E-state index in [1.807, 2.05) is 6.92 Å². The van der Waals surface area contributed by atoms with Crippen molar-refractivity contribution in [2.45, 2.75) is 58.4 Å². The third-order valence-electron chi connectivity index (χ3n) is 7.22. The summed E-state index contributed by atoms with van der Waals surface area (Å²) < 4.78 is 5.39. The highest BCUT2D eigenvalue weighted by Crippen LogP contribution is 2.61. The number of rotatable bonds is 7. The standard InChI is InChI=1S/C23H32N2O3/c1-3-28-20-6-4-19(5-7-20)22(27)24-14-21(26)25-15(2)23-11-16-8-17(12-23)10-18(9-16)13-23/h4-7,15-18H,3,8-14H2,1-2H3,(H,24,27)(H,25,26). The molecule has 4 aliphatic rings.